The largest absolute Gasteiger partial charge is 1.00 e. The van der Waals surface area contributed by atoms with Gasteiger partial charge in [0.1, 0.15) is 0 Å². The topological polar surface area (TPSA) is 25.6 Å². The molecule has 5 heteroatoms. The highest BCUT2D eigenvalue weighted by atomic mass is 35.5. The Morgan fingerprint density at radius 1 is 0.844 bits per heavy atom. The number of anilines is 1. The van der Waals surface area contributed by atoms with E-state index in [4.69, 9.17) is 9.47 Å². The maximum Gasteiger partial charge on any atom is 0.261 e. The van der Waals surface area contributed by atoms with Crippen LogP contribution in [0.2, 0.25) is 0 Å². The Kier molecular flexibility index (Phi) is 6.33. The van der Waals surface area contributed by atoms with Crippen LogP contribution in [0, 0.1) is 0 Å². The van der Waals surface area contributed by atoms with E-state index in [2.05, 4.69) is 94.7 Å². The number of rotatable bonds is 6. The molecular weight excluding hydrogens is 420 g/mol. The average Bonchev–Trinajstić information content (AvgIpc) is 2.82. The van der Waals surface area contributed by atoms with E-state index in [1.54, 1.807) is 14.2 Å². The fourth-order valence-corrected chi connectivity index (χ4v) is 4.31. The van der Waals surface area contributed by atoms with Crippen molar-refractivity contribution in [1.29, 1.82) is 0 Å². The van der Waals surface area contributed by atoms with Gasteiger partial charge in [-0.2, -0.15) is 4.57 Å². The molecule has 0 radical (unpaired) electrons. The lowest BCUT2D eigenvalue weighted by Crippen LogP contribution is -3.00. The molecule has 1 aromatic heterocycles. The van der Waals surface area contributed by atoms with Gasteiger partial charge < -0.3 is 26.8 Å². The van der Waals surface area contributed by atoms with E-state index in [1.165, 1.54) is 22.2 Å². The quantitative estimate of drug-likeness (QED) is 0.426. The third-order valence-corrected chi connectivity index (χ3v) is 5.77. The highest BCUT2D eigenvalue weighted by Gasteiger charge is 2.28. The summed E-state index contributed by atoms with van der Waals surface area (Å²) in [5.41, 5.74) is 5.85. The van der Waals surface area contributed by atoms with Crippen LogP contribution in [0.15, 0.2) is 85.2 Å². The summed E-state index contributed by atoms with van der Waals surface area (Å²) < 4.78 is 13.8. The van der Waals surface area contributed by atoms with E-state index in [1.807, 2.05) is 6.07 Å². The van der Waals surface area contributed by atoms with Crippen molar-refractivity contribution in [2.75, 3.05) is 19.1 Å². The lowest BCUT2D eigenvalue weighted by molar-refractivity contribution is -0.662. The number of halogens is 1. The van der Waals surface area contributed by atoms with Crippen molar-refractivity contribution in [3.63, 3.8) is 0 Å². The average molecular weight is 445 g/mol. The highest BCUT2D eigenvalue weighted by Crippen LogP contribution is 2.42. The molecule has 0 fully saturated rings. The summed E-state index contributed by atoms with van der Waals surface area (Å²) in [5.74, 6) is 1.50. The minimum absolute atomic E-state index is 0. The van der Waals surface area contributed by atoms with E-state index in [-0.39, 0.29) is 12.4 Å². The summed E-state index contributed by atoms with van der Waals surface area (Å²) in [6, 6.07) is 25.3. The van der Waals surface area contributed by atoms with Gasteiger partial charge in [-0.1, -0.05) is 60.7 Å². The number of nitrogens with zero attached hydrogens (tertiary/aromatic N) is 2. The van der Waals surface area contributed by atoms with E-state index in [9.17, 15) is 0 Å². The Morgan fingerprint density at radius 3 is 2.19 bits per heavy atom. The van der Waals surface area contributed by atoms with Gasteiger partial charge in [-0.3, -0.25) is 0 Å². The van der Waals surface area contributed by atoms with Crippen molar-refractivity contribution in [3.05, 3.63) is 102 Å². The lowest BCUT2D eigenvalue weighted by atomic mass is 10.0. The van der Waals surface area contributed by atoms with Gasteiger partial charge in [0.2, 0.25) is 5.75 Å². The minimum atomic E-state index is 0. The van der Waals surface area contributed by atoms with Gasteiger partial charge >= 0.3 is 0 Å². The van der Waals surface area contributed by atoms with Crippen LogP contribution in [0.25, 0.3) is 17.0 Å². The molecule has 4 aromatic rings. The summed E-state index contributed by atoms with van der Waals surface area (Å²) in [6.07, 6.45) is 6.46. The first-order valence-electron chi connectivity index (χ1n) is 10.4. The molecule has 162 valence electrons. The van der Waals surface area contributed by atoms with Crippen LogP contribution in [-0.4, -0.2) is 14.2 Å². The molecule has 32 heavy (non-hydrogen) atoms. The molecular formula is C27H25ClN2O2. The van der Waals surface area contributed by atoms with E-state index >= 15 is 0 Å². The Labute approximate surface area is 194 Å². The molecule has 0 aliphatic carbocycles. The first-order valence-corrected chi connectivity index (χ1v) is 10.4. The normalized spacial score (nSPS) is 11.9. The Morgan fingerprint density at radius 2 is 1.53 bits per heavy atom. The number of pyridine rings is 1. The van der Waals surface area contributed by atoms with Gasteiger partial charge in [0.15, 0.2) is 18.5 Å². The van der Waals surface area contributed by atoms with Gasteiger partial charge in [0.05, 0.1) is 25.3 Å². The number of ether oxygens (including phenoxy) is 2. The first kappa shape index (κ1) is 21.7. The summed E-state index contributed by atoms with van der Waals surface area (Å²) >= 11 is 0. The van der Waals surface area contributed by atoms with E-state index < -0.39 is 0 Å². The third kappa shape index (κ3) is 3.90. The van der Waals surface area contributed by atoms with Crippen molar-refractivity contribution in [3.8, 4) is 11.5 Å². The molecule has 0 saturated heterocycles. The Hall–Kier alpha value is -3.50. The van der Waals surface area contributed by atoms with Gasteiger partial charge in [-0.15, -0.1) is 0 Å². The molecule has 1 aliphatic rings. The van der Waals surface area contributed by atoms with Crippen LogP contribution >= 0.6 is 0 Å². The van der Waals surface area contributed by atoms with Crippen LogP contribution in [-0.2, 0) is 13.1 Å². The lowest BCUT2D eigenvalue weighted by Gasteiger charge is -2.26. The summed E-state index contributed by atoms with van der Waals surface area (Å²) in [5, 5.41) is 1.18. The summed E-state index contributed by atoms with van der Waals surface area (Å²) in [7, 11) is 3.40. The van der Waals surface area contributed by atoms with Gasteiger partial charge in [-0.25, -0.2) is 0 Å². The van der Waals surface area contributed by atoms with Crippen molar-refractivity contribution >= 4 is 22.7 Å². The standard InChI is InChI=1S/C27H25N2O2.ClH/c1-30-24-17-22-13-15-28(18-20-9-5-3-6-10-20)23-14-16-29(19-21-11-7-4-8-12-21)26(25(22)23)27(24)31-2;/h3-17H,18-19H2,1-2H3;1H/q+1;/p-1. The van der Waals surface area contributed by atoms with Crippen LogP contribution in [0.3, 0.4) is 0 Å². The molecule has 2 heterocycles. The second kappa shape index (κ2) is 9.33. The van der Waals surface area contributed by atoms with E-state index in [0.717, 1.165) is 35.7 Å². The molecule has 5 rings (SSSR count). The molecule has 4 nitrogen and oxygen atoms in total. The maximum absolute atomic E-state index is 5.87. The van der Waals surface area contributed by atoms with Crippen molar-refractivity contribution in [2.24, 2.45) is 0 Å². The summed E-state index contributed by atoms with van der Waals surface area (Å²) in [4.78, 5) is 2.30. The molecule has 0 amide bonds. The van der Waals surface area contributed by atoms with Crippen molar-refractivity contribution in [1.82, 2.24) is 0 Å². The Bertz CT molecular complexity index is 1260. The van der Waals surface area contributed by atoms with Crippen LogP contribution in [0.5, 0.6) is 11.5 Å². The van der Waals surface area contributed by atoms with Crippen molar-refractivity contribution in [2.45, 2.75) is 13.1 Å². The molecule has 0 spiro atoms. The van der Waals surface area contributed by atoms with Crippen molar-refractivity contribution < 1.29 is 26.4 Å². The molecule has 0 unspecified atom stereocenters. The van der Waals surface area contributed by atoms with Crippen LogP contribution in [0.4, 0.5) is 5.69 Å². The predicted molar refractivity (Wildman–Crippen MR) is 124 cm³/mol. The zero-order chi connectivity index (χ0) is 21.2. The fourth-order valence-electron chi connectivity index (χ4n) is 4.31. The third-order valence-electron chi connectivity index (χ3n) is 5.77. The molecule has 0 saturated carbocycles. The number of aromatic nitrogens is 1. The SMILES string of the molecule is COc1cc2c3c(cc[n+](Cc4ccccc4)c3c1OC)N(Cc1ccccc1)C=C2.[Cl-]. The van der Waals surface area contributed by atoms with Crippen LogP contribution < -0.4 is 31.3 Å². The van der Waals surface area contributed by atoms with Gasteiger partial charge in [0.25, 0.3) is 5.52 Å². The second-order valence-electron chi connectivity index (χ2n) is 7.67. The zero-order valence-corrected chi connectivity index (χ0v) is 18.9. The van der Waals surface area contributed by atoms with Gasteiger partial charge in [-0.05, 0) is 23.3 Å². The van der Waals surface area contributed by atoms with Gasteiger partial charge in [0, 0.05) is 24.4 Å². The minimum Gasteiger partial charge on any atom is -1.00 e. The first-order chi connectivity index (χ1) is 15.3. The number of methoxy groups -OCH3 is 2. The molecule has 0 N–H and O–H groups in total. The second-order valence-corrected chi connectivity index (χ2v) is 7.67. The fraction of sp³-hybridized carbons (Fsp3) is 0.148. The number of hydrogen-bond acceptors (Lipinski definition) is 3. The number of benzene rings is 3. The van der Waals surface area contributed by atoms with E-state index in [0.29, 0.717) is 0 Å². The summed E-state index contributed by atoms with van der Waals surface area (Å²) in [6.45, 7) is 1.56. The predicted octanol–water partition coefficient (Wildman–Crippen LogP) is 2.19. The molecule has 0 atom stereocenters. The highest BCUT2D eigenvalue weighted by molar-refractivity contribution is 6.03. The maximum atomic E-state index is 5.87. The molecule has 3 aromatic carbocycles. The number of hydrogen-bond donors (Lipinski definition) is 0. The van der Waals surface area contributed by atoms with Crippen LogP contribution in [0.1, 0.15) is 16.7 Å². The molecule has 1 aliphatic heterocycles. The Balaban J connectivity index is 0.00000245. The zero-order valence-electron chi connectivity index (χ0n) is 18.2. The molecule has 0 bridgehead atoms. The smallest absolute Gasteiger partial charge is 0.261 e. The monoisotopic (exact) mass is 444 g/mol.